The summed E-state index contributed by atoms with van der Waals surface area (Å²) >= 11 is 0. The molecule has 0 spiro atoms. The Morgan fingerprint density at radius 1 is 1.22 bits per heavy atom. The van der Waals surface area contributed by atoms with Gasteiger partial charge in [-0.15, -0.1) is 0 Å². The zero-order valence-electron chi connectivity index (χ0n) is 13.4. The SMILES string of the molecule is COc1ccccc1/C=N\NC(=O)CC(=O)NC1CCCCC1. The highest BCUT2D eigenvalue weighted by Crippen LogP contribution is 2.17. The van der Waals surface area contributed by atoms with Crippen LogP contribution in [0, 0.1) is 0 Å². The number of carbonyl (C=O) groups excluding carboxylic acids is 2. The Morgan fingerprint density at radius 3 is 2.70 bits per heavy atom. The first kappa shape index (κ1) is 17.0. The molecule has 1 aromatic carbocycles. The van der Waals surface area contributed by atoms with E-state index in [1.165, 1.54) is 12.6 Å². The van der Waals surface area contributed by atoms with E-state index in [0.717, 1.165) is 31.2 Å². The largest absolute Gasteiger partial charge is 0.496 e. The van der Waals surface area contributed by atoms with Gasteiger partial charge in [0.1, 0.15) is 12.2 Å². The van der Waals surface area contributed by atoms with Crippen molar-refractivity contribution in [3.05, 3.63) is 29.8 Å². The Morgan fingerprint density at radius 2 is 1.96 bits per heavy atom. The molecule has 2 N–H and O–H groups in total. The summed E-state index contributed by atoms with van der Waals surface area (Å²) in [6, 6.07) is 7.54. The van der Waals surface area contributed by atoms with Gasteiger partial charge in [-0.25, -0.2) is 5.43 Å². The Kier molecular flexibility index (Phi) is 6.59. The van der Waals surface area contributed by atoms with Gasteiger partial charge in [0.2, 0.25) is 11.8 Å². The number of amides is 2. The highest BCUT2D eigenvalue weighted by atomic mass is 16.5. The quantitative estimate of drug-likeness (QED) is 0.478. The first-order valence-electron chi connectivity index (χ1n) is 7.93. The number of carbonyl (C=O) groups is 2. The van der Waals surface area contributed by atoms with Gasteiger partial charge in [0.15, 0.2) is 0 Å². The standard InChI is InChI=1S/C17H23N3O3/c1-23-15-10-6-5-7-13(15)12-18-20-17(22)11-16(21)19-14-8-3-2-4-9-14/h5-7,10,12,14H,2-4,8-9,11H2,1H3,(H,19,21)(H,20,22)/b18-12-. The van der Waals surface area contributed by atoms with E-state index in [-0.39, 0.29) is 18.4 Å². The van der Waals surface area contributed by atoms with E-state index >= 15 is 0 Å². The fourth-order valence-corrected chi connectivity index (χ4v) is 2.66. The smallest absolute Gasteiger partial charge is 0.249 e. The predicted molar refractivity (Wildman–Crippen MR) is 88.4 cm³/mol. The van der Waals surface area contributed by atoms with E-state index < -0.39 is 5.91 Å². The second kappa shape index (κ2) is 8.92. The van der Waals surface area contributed by atoms with Gasteiger partial charge < -0.3 is 10.1 Å². The number of ether oxygens (including phenoxy) is 1. The van der Waals surface area contributed by atoms with Crippen LogP contribution in [0.3, 0.4) is 0 Å². The summed E-state index contributed by atoms with van der Waals surface area (Å²) in [5.41, 5.74) is 3.12. The number of methoxy groups -OCH3 is 1. The fraction of sp³-hybridized carbons (Fsp3) is 0.471. The Hall–Kier alpha value is -2.37. The van der Waals surface area contributed by atoms with Crippen LogP contribution in [0.15, 0.2) is 29.4 Å². The van der Waals surface area contributed by atoms with Crippen LogP contribution >= 0.6 is 0 Å². The lowest BCUT2D eigenvalue weighted by molar-refractivity contribution is -0.129. The summed E-state index contributed by atoms with van der Waals surface area (Å²) in [5.74, 6) is -0.00751. The third kappa shape index (κ3) is 5.73. The highest BCUT2D eigenvalue weighted by Gasteiger charge is 2.17. The van der Waals surface area contributed by atoms with Crippen molar-refractivity contribution in [3.63, 3.8) is 0 Å². The van der Waals surface area contributed by atoms with Crippen LogP contribution in [0.5, 0.6) is 5.75 Å². The number of nitrogens with one attached hydrogen (secondary N) is 2. The molecule has 0 aromatic heterocycles. The molecule has 0 unspecified atom stereocenters. The van der Waals surface area contributed by atoms with Gasteiger partial charge >= 0.3 is 0 Å². The summed E-state index contributed by atoms with van der Waals surface area (Å²) in [6.45, 7) is 0. The van der Waals surface area contributed by atoms with Gasteiger partial charge in [-0.1, -0.05) is 31.4 Å². The second-order valence-electron chi connectivity index (χ2n) is 5.61. The molecule has 0 atom stereocenters. The molecule has 1 saturated carbocycles. The van der Waals surface area contributed by atoms with Crippen molar-refractivity contribution in [1.82, 2.24) is 10.7 Å². The van der Waals surface area contributed by atoms with Gasteiger partial charge in [-0.2, -0.15) is 5.10 Å². The normalized spacial score (nSPS) is 15.3. The van der Waals surface area contributed by atoms with Gasteiger partial charge in [0.05, 0.1) is 13.3 Å². The number of nitrogens with zero attached hydrogens (tertiary/aromatic N) is 1. The second-order valence-corrected chi connectivity index (χ2v) is 5.61. The van der Waals surface area contributed by atoms with Crippen molar-refractivity contribution in [3.8, 4) is 5.75 Å². The molecule has 0 saturated heterocycles. The topological polar surface area (TPSA) is 79.8 Å². The zero-order valence-corrected chi connectivity index (χ0v) is 13.4. The Balaban J connectivity index is 1.75. The van der Waals surface area contributed by atoms with E-state index in [9.17, 15) is 9.59 Å². The highest BCUT2D eigenvalue weighted by molar-refractivity contribution is 5.97. The van der Waals surface area contributed by atoms with Crippen molar-refractivity contribution in [1.29, 1.82) is 0 Å². The number of hydrazone groups is 1. The van der Waals surface area contributed by atoms with Crippen LogP contribution in [-0.4, -0.2) is 31.2 Å². The molecule has 0 aliphatic heterocycles. The summed E-state index contributed by atoms with van der Waals surface area (Å²) in [5, 5.41) is 6.77. The molecule has 6 heteroatoms. The van der Waals surface area contributed by atoms with Crippen LogP contribution in [-0.2, 0) is 9.59 Å². The van der Waals surface area contributed by atoms with Crippen LogP contribution < -0.4 is 15.5 Å². The molecule has 1 aromatic rings. The van der Waals surface area contributed by atoms with E-state index in [1.807, 2.05) is 18.2 Å². The molecule has 0 heterocycles. The number of rotatable bonds is 6. The lowest BCUT2D eigenvalue weighted by Gasteiger charge is -2.22. The van der Waals surface area contributed by atoms with Gasteiger partial charge in [-0.05, 0) is 25.0 Å². The predicted octanol–water partition coefficient (Wildman–Crippen LogP) is 1.98. The van der Waals surface area contributed by atoms with Gasteiger partial charge in [0.25, 0.3) is 0 Å². The molecule has 23 heavy (non-hydrogen) atoms. The molecule has 6 nitrogen and oxygen atoms in total. The maximum absolute atomic E-state index is 11.8. The van der Waals surface area contributed by atoms with Gasteiger partial charge in [0, 0.05) is 11.6 Å². The molecule has 0 bridgehead atoms. The summed E-state index contributed by atoms with van der Waals surface area (Å²) < 4.78 is 5.18. The first-order chi connectivity index (χ1) is 11.2. The van der Waals surface area contributed by atoms with Crippen LogP contribution in [0.1, 0.15) is 44.1 Å². The maximum atomic E-state index is 11.8. The van der Waals surface area contributed by atoms with Gasteiger partial charge in [-0.3, -0.25) is 9.59 Å². The van der Waals surface area contributed by atoms with Crippen molar-refractivity contribution < 1.29 is 14.3 Å². The number of benzene rings is 1. The minimum absolute atomic E-state index is 0.209. The summed E-state index contributed by atoms with van der Waals surface area (Å²) in [6.07, 6.45) is 6.79. The molecule has 124 valence electrons. The molecular weight excluding hydrogens is 294 g/mol. The zero-order chi connectivity index (χ0) is 16.5. The third-order valence-electron chi connectivity index (χ3n) is 3.82. The minimum atomic E-state index is -0.426. The molecule has 2 amide bonds. The van der Waals surface area contributed by atoms with Crippen LogP contribution in [0.25, 0.3) is 0 Å². The molecule has 2 rings (SSSR count). The van der Waals surface area contributed by atoms with E-state index in [2.05, 4.69) is 15.8 Å². The monoisotopic (exact) mass is 317 g/mol. The number of para-hydroxylation sites is 1. The Bertz CT molecular complexity index is 566. The molecule has 0 radical (unpaired) electrons. The summed E-state index contributed by atoms with van der Waals surface area (Å²) in [7, 11) is 1.57. The lowest BCUT2D eigenvalue weighted by atomic mass is 9.95. The summed E-state index contributed by atoms with van der Waals surface area (Å²) in [4.78, 5) is 23.5. The average Bonchev–Trinajstić information content (AvgIpc) is 2.56. The lowest BCUT2D eigenvalue weighted by Crippen LogP contribution is -2.38. The van der Waals surface area contributed by atoms with Crippen LogP contribution in [0.2, 0.25) is 0 Å². The molecule has 1 fully saturated rings. The van der Waals surface area contributed by atoms with Crippen molar-refractivity contribution >= 4 is 18.0 Å². The van der Waals surface area contributed by atoms with Crippen molar-refractivity contribution in [2.24, 2.45) is 5.10 Å². The van der Waals surface area contributed by atoms with Crippen molar-refractivity contribution in [2.45, 2.75) is 44.6 Å². The first-order valence-corrected chi connectivity index (χ1v) is 7.93. The number of hydrogen-bond donors (Lipinski definition) is 2. The van der Waals surface area contributed by atoms with E-state index in [1.54, 1.807) is 13.2 Å². The maximum Gasteiger partial charge on any atom is 0.249 e. The third-order valence-corrected chi connectivity index (χ3v) is 3.82. The Labute approximate surface area is 136 Å². The fourth-order valence-electron chi connectivity index (χ4n) is 2.66. The van der Waals surface area contributed by atoms with Crippen molar-refractivity contribution in [2.75, 3.05) is 7.11 Å². The van der Waals surface area contributed by atoms with Crippen LogP contribution in [0.4, 0.5) is 0 Å². The molecular formula is C17H23N3O3. The minimum Gasteiger partial charge on any atom is -0.496 e. The van der Waals surface area contributed by atoms with E-state index in [0.29, 0.717) is 5.75 Å². The molecule has 1 aliphatic rings. The van der Waals surface area contributed by atoms with E-state index in [4.69, 9.17) is 4.74 Å². The molecule has 1 aliphatic carbocycles. The number of hydrogen-bond acceptors (Lipinski definition) is 4. The average molecular weight is 317 g/mol.